The van der Waals surface area contributed by atoms with Gasteiger partial charge in [-0.2, -0.15) is 0 Å². The van der Waals surface area contributed by atoms with E-state index < -0.39 is 46.7 Å². The van der Waals surface area contributed by atoms with E-state index in [2.05, 4.69) is 26.8 Å². The number of esters is 4. The molecule has 9 heteroatoms. The van der Waals surface area contributed by atoms with E-state index in [1.54, 1.807) is 0 Å². The van der Waals surface area contributed by atoms with Crippen molar-refractivity contribution in [3.05, 3.63) is 23.3 Å². The molecule has 43 heavy (non-hydrogen) atoms. The van der Waals surface area contributed by atoms with Gasteiger partial charge in [0.1, 0.15) is 23.9 Å². The van der Waals surface area contributed by atoms with E-state index in [-0.39, 0.29) is 53.2 Å². The van der Waals surface area contributed by atoms with E-state index in [9.17, 15) is 19.2 Å². The lowest BCUT2D eigenvalue weighted by atomic mass is 9.39. The van der Waals surface area contributed by atoms with Crippen LogP contribution in [-0.4, -0.2) is 59.5 Å². The number of cyclic esters (lactones) is 2. The summed E-state index contributed by atoms with van der Waals surface area (Å²) in [6, 6.07) is 0. The van der Waals surface area contributed by atoms with Crippen LogP contribution in [0.1, 0.15) is 94.4 Å². The minimum atomic E-state index is -0.875. The number of rotatable bonds is 4. The lowest BCUT2D eigenvalue weighted by molar-refractivity contribution is -0.226. The van der Waals surface area contributed by atoms with Crippen LogP contribution < -0.4 is 0 Å². The molecule has 2 saturated carbocycles. The van der Waals surface area contributed by atoms with Gasteiger partial charge in [-0.15, -0.1) is 0 Å². The summed E-state index contributed by atoms with van der Waals surface area (Å²) in [7, 11) is 0. The molecule has 0 aromatic heterocycles. The average molecular weight is 599 g/mol. The van der Waals surface area contributed by atoms with Gasteiger partial charge in [0, 0.05) is 42.1 Å². The van der Waals surface area contributed by atoms with Gasteiger partial charge in [0.2, 0.25) is 0 Å². The zero-order valence-corrected chi connectivity index (χ0v) is 26.9. The number of carbonyl (C=O) groups excluding carboxylic acids is 4. The van der Waals surface area contributed by atoms with Crippen LogP contribution in [0, 0.1) is 34.0 Å². The maximum atomic E-state index is 13.3. The molecular formula is C34H46O9. The highest BCUT2D eigenvalue weighted by molar-refractivity contribution is 5.92. The second kappa shape index (κ2) is 9.41. The Balaban J connectivity index is 1.44. The molecule has 0 N–H and O–H groups in total. The van der Waals surface area contributed by atoms with Crippen molar-refractivity contribution in [2.45, 2.75) is 130 Å². The molecule has 0 bridgehead atoms. The monoisotopic (exact) mass is 598 g/mol. The highest BCUT2D eigenvalue weighted by Gasteiger charge is 2.72. The Bertz CT molecular complexity index is 1340. The molecule has 10 atom stereocenters. The molecule has 0 aromatic carbocycles. The van der Waals surface area contributed by atoms with Gasteiger partial charge in [-0.05, 0) is 70.8 Å². The molecule has 236 valence electrons. The third-order valence-electron chi connectivity index (χ3n) is 12.3. The molecule has 9 nitrogen and oxygen atoms in total. The summed E-state index contributed by atoms with van der Waals surface area (Å²) in [6.07, 6.45) is 5.10. The zero-order chi connectivity index (χ0) is 31.5. The van der Waals surface area contributed by atoms with Crippen LogP contribution in [-0.2, 0) is 42.9 Å². The summed E-state index contributed by atoms with van der Waals surface area (Å²) in [6.45, 7) is 17.2. The van der Waals surface area contributed by atoms with Crippen LogP contribution >= 0.6 is 0 Å². The summed E-state index contributed by atoms with van der Waals surface area (Å²) in [5.74, 6) is -1.91. The Labute approximate surface area is 254 Å². The first-order chi connectivity index (χ1) is 19.9. The van der Waals surface area contributed by atoms with Gasteiger partial charge in [0.15, 0.2) is 6.10 Å². The maximum absolute atomic E-state index is 13.3. The quantitative estimate of drug-likeness (QED) is 0.191. The third-order valence-corrected chi connectivity index (χ3v) is 12.3. The first-order valence-corrected chi connectivity index (χ1v) is 15.7. The van der Waals surface area contributed by atoms with Crippen LogP contribution in [0.2, 0.25) is 0 Å². The SMILES string of the molecule is CC(=O)O[C@H]1CC(=O)OC(C)(C)[C@@H]2C[C@@H](OC(C)=O)[C@@]3(C)C4=CC[C@@H](C5=C[C@H]([C@H]6OC6(C)C)OC5=O)[C@]4(C)CC[C@@H]3[C@@]12C. The third kappa shape index (κ3) is 4.34. The lowest BCUT2D eigenvalue weighted by Crippen LogP contribution is -2.67. The number of fused-ring (bicyclic) bond motifs is 5. The summed E-state index contributed by atoms with van der Waals surface area (Å²) >= 11 is 0. The van der Waals surface area contributed by atoms with E-state index >= 15 is 0 Å². The van der Waals surface area contributed by atoms with Crippen LogP contribution in [0.5, 0.6) is 0 Å². The topological polar surface area (TPSA) is 118 Å². The second-order valence-corrected chi connectivity index (χ2v) is 15.5. The van der Waals surface area contributed by atoms with Gasteiger partial charge in [0.05, 0.1) is 12.0 Å². The molecule has 0 unspecified atom stereocenters. The van der Waals surface area contributed by atoms with Gasteiger partial charge >= 0.3 is 23.9 Å². The molecule has 6 aliphatic rings. The molecule has 3 aliphatic heterocycles. The molecule has 0 amide bonds. The second-order valence-electron chi connectivity index (χ2n) is 15.5. The fourth-order valence-corrected chi connectivity index (χ4v) is 10.4. The molecule has 2 saturated heterocycles. The standard InChI is InChI=1S/C34H46O9/c1-17(35)39-25-15-24-30(3,4)42-27(37)16-26(40-18(2)36)34(24,9)23-12-13-32(7)20(10-11-22(32)33(23,25)8)19-14-21(41-29(19)38)28-31(5,6)43-28/h11,14,20-21,23-26,28H,10,12-13,15-16H2,1-9H3/t20-,21+,23-,24-,25+,26-,28+,32-,33-,34+/m0/s1. The zero-order valence-electron chi connectivity index (χ0n) is 26.9. The predicted molar refractivity (Wildman–Crippen MR) is 154 cm³/mol. The van der Waals surface area contributed by atoms with Gasteiger partial charge in [-0.1, -0.05) is 32.4 Å². The van der Waals surface area contributed by atoms with Crippen LogP contribution in [0.15, 0.2) is 23.3 Å². The molecule has 3 heterocycles. The van der Waals surface area contributed by atoms with Crippen molar-refractivity contribution >= 4 is 23.9 Å². The predicted octanol–water partition coefficient (Wildman–Crippen LogP) is 5.00. The Morgan fingerprint density at radius 1 is 0.907 bits per heavy atom. The van der Waals surface area contributed by atoms with Gasteiger partial charge in [-0.3, -0.25) is 14.4 Å². The van der Waals surface area contributed by atoms with Crippen molar-refractivity contribution in [1.82, 2.24) is 0 Å². The van der Waals surface area contributed by atoms with Gasteiger partial charge < -0.3 is 23.7 Å². The van der Waals surface area contributed by atoms with E-state index in [1.165, 1.54) is 19.4 Å². The molecule has 0 radical (unpaired) electrons. The number of allylic oxidation sites excluding steroid dienone is 1. The van der Waals surface area contributed by atoms with Gasteiger partial charge in [0.25, 0.3) is 0 Å². The molecule has 3 aliphatic carbocycles. The minimum Gasteiger partial charge on any atom is -0.462 e. The van der Waals surface area contributed by atoms with Crippen molar-refractivity contribution in [3.8, 4) is 0 Å². The molecule has 0 aromatic rings. The van der Waals surface area contributed by atoms with Crippen molar-refractivity contribution in [2.24, 2.45) is 34.0 Å². The van der Waals surface area contributed by atoms with E-state index in [1.807, 2.05) is 33.8 Å². The highest BCUT2D eigenvalue weighted by Crippen LogP contribution is 2.72. The number of carbonyl (C=O) groups is 4. The van der Waals surface area contributed by atoms with Crippen molar-refractivity contribution in [3.63, 3.8) is 0 Å². The highest BCUT2D eigenvalue weighted by atomic mass is 16.6. The van der Waals surface area contributed by atoms with Gasteiger partial charge in [-0.25, -0.2) is 4.79 Å². The minimum absolute atomic E-state index is 0.0283. The molecule has 4 fully saturated rings. The molecule has 0 spiro atoms. The fourth-order valence-electron chi connectivity index (χ4n) is 10.4. The Kier molecular flexibility index (Phi) is 6.64. The Morgan fingerprint density at radius 2 is 1.53 bits per heavy atom. The summed E-state index contributed by atoms with van der Waals surface area (Å²) in [5.41, 5.74) is -0.988. The Morgan fingerprint density at radius 3 is 2.14 bits per heavy atom. The van der Waals surface area contributed by atoms with E-state index in [0.717, 1.165) is 12.8 Å². The van der Waals surface area contributed by atoms with Crippen LogP contribution in [0.4, 0.5) is 0 Å². The van der Waals surface area contributed by atoms with Crippen molar-refractivity contribution in [2.75, 3.05) is 0 Å². The summed E-state index contributed by atoms with van der Waals surface area (Å²) < 4.78 is 29.8. The average Bonchev–Trinajstić information content (AvgIpc) is 3.18. The molecular weight excluding hydrogens is 552 g/mol. The largest absolute Gasteiger partial charge is 0.462 e. The summed E-state index contributed by atoms with van der Waals surface area (Å²) in [4.78, 5) is 51.4. The number of epoxide rings is 1. The fraction of sp³-hybridized carbons (Fsp3) is 0.765. The van der Waals surface area contributed by atoms with Crippen LogP contribution in [0.25, 0.3) is 0 Å². The van der Waals surface area contributed by atoms with E-state index in [4.69, 9.17) is 23.7 Å². The lowest BCUT2D eigenvalue weighted by Gasteiger charge is -2.66. The number of hydrogen-bond acceptors (Lipinski definition) is 9. The first kappa shape index (κ1) is 30.4. The Hall–Kier alpha value is -2.68. The molecule has 6 rings (SSSR count). The first-order valence-electron chi connectivity index (χ1n) is 15.7. The smallest absolute Gasteiger partial charge is 0.334 e. The summed E-state index contributed by atoms with van der Waals surface area (Å²) in [5, 5.41) is 0. The number of ether oxygens (including phenoxy) is 5. The normalized spacial score (nSPS) is 45.7. The van der Waals surface area contributed by atoms with Crippen molar-refractivity contribution < 1.29 is 42.9 Å². The number of hydrogen-bond donors (Lipinski definition) is 0. The maximum Gasteiger partial charge on any atom is 0.334 e. The van der Waals surface area contributed by atoms with E-state index in [0.29, 0.717) is 18.4 Å². The van der Waals surface area contributed by atoms with Crippen LogP contribution in [0.3, 0.4) is 0 Å². The van der Waals surface area contributed by atoms with Crippen molar-refractivity contribution in [1.29, 1.82) is 0 Å².